The van der Waals surface area contributed by atoms with Gasteiger partial charge in [0.1, 0.15) is 0 Å². The first kappa shape index (κ1) is 12.9. The van der Waals surface area contributed by atoms with E-state index in [4.69, 9.17) is 5.73 Å². The van der Waals surface area contributed by atoms with E-state index in [9.17, 15) is 4.79 Å². The maximum atomic E-state index is 11.5. The number of amides is 1. The van der Waals surface area contributed by atoms with Crippen LogP contribution in [0.1, 0.15) is 25.8 Å². The van der Waals surface area contributed by atoms with Crippen molar-refractivity contribution in [2.75, 3.05) is 18.6 Å². The minimum Gasteiger partial charge on any atom is -0.325 e. The summed E-state index contributed by atoms with van der Waals surface area (Å²) in [5, 5.41) is 3.68. The Kier molecular flexibility index (Phi) is 3.30. The maximum Gasteiger partial charge on any atom is 0.242 e. The van der Waals surface area contributed by atoms with Crippen molar-refractivity contribution in [3.8, 4) is 0 Å². The summed E-state index contributed by atoms with van der Waals surface area (Å²) >= 11 is 0. The van der Waals surface area contributed by atoms with Crippen molar-refractivity contribution >= 4 is 11.6 Å². The quantitative estimate of drug-likeness (QED) is 0.881. The van der Waals surface area contributed by atoms with Crippen LogP contribution in [0, 0.1) is 0 Å². The Balaban J connectivity index is 2.11. The van der Waals surface area contributed by atoms with Gasteiger partial charge in [-0.15, -0.1) is 0 Å². The number of hydrogen-bond donors (Lipinski definition) is 1. The highest BCUT2D eigenvalue weighted by Gasteiger charge is 2.25. The zero-order valence-electron chi connectivity index (χ0n) is 11.3. The summed E-state index contributed by atoms with van der Waals surface area (Å²) in [5.41, 5.74) is 8.09. The molecule has 1 fully saturated rings. The number of hydrazine groups is 1. The smallest absolute Gasteiger partial charge is 0.242 e. The fourth-order valence-electron chi connectivity index (χ4n) is 2.26. The van der Waals surface area contributed by atoms with Gasteiger partial charge in [-0.1, -0.05) is 12.1 Å². The molecule has 0 aromatic heterocycles. The average molecular weight is 247 g/mol. The van der Waals surface area contributed by atoms with Gasteiger partial charge in [0.2, 0.25) is 5.91 Å². The maximum absolute atomic E-state index is 11.5. The van der Waals surface area contributed by atoms with Gasteiger partial charge in [-0.3, -0.25) is 14.8 Å². The van der Waals surface area contributed by atoms with Crippen molar-refractivity contribution in [3.05, 3.63) is 29.8 Å². The molecule has 1 heterocycles. The standard InChI is InChI=1S/C14H21N3O/c1-14(2,15)10-11-4-6-12(7-5-11)17-9-8-13(18)16(17)3/h4-7H,8-10,15H2,1-3H3. The Labute approximate surface area is 108 Å². The SMILES string of the molecule is CN1C(=O)CCN1c1ccc(CC(C)(C)N)cc1. The third-order valence-corrected chi connectivity index (χ3v) is 3.15. The number of nitrogens with zero attached hydrogens (tertiary/aromatic N) is 2. The molecule has 4 nitrogen and oxygen atoms in total. The van der Waals surface area contributed by atoms with Crippen LogP contribution in [0.2, 0.25) is 0 Å². The van der Waals surface area contributed by atoms with Crippen LogP contribution in [0.5, 0.6) is 0 Å². The van der Waals surface area contributed by atoms with Gasteiger partial charge in [-0.2, -0.15) is 0 Å². The van der Waals surface area contributed by atoms with E-state index in [1.807, 2.05) is 25.9 Å². The van der Waals surface area contributed by atoms with Crippen LogP contribution in [0.3, 0.4) is 0 Å². The lowest BCUT2D eigenvalue weighted by atomic mass is 9.96. The Hall–Kier alpha value is -1.55. The fourth-order valence-corrected chi connectivity index (χ4v) is 2.26. The van der Waals surface area contributed by atoms with Crippen LogP contribution in [0.25, 0.3) is 0 Å². The molecule has 1 aliphatic heterocycles. The van der Waals surface area contributed by atoms with Gasteiger partial charge in [-0.05, 0) is 38.0 Å². The molecule has 0 bridgehead atoms. The molecule has 1 aliphatic rings. The molecule has 0 atom stereocenters. The minimum absolute atomic E-state index is 0.169. The molecule has 2 N–H and O–H groups in total. The van der Waals surface area contributed by atoms with Gasteiger partial charge in [0.25, 0.3) is 0 Å². The second-order valence-corrected chi connectivity index (χ2v) is 5.62. The summed E-state index contributed by atoms with van der Waals surface area (Å²) in [4.78, 5) is 11.5. The largest absolute Gasteiger partial charge is 0.325 e. The molecule has 1 amide bonds. The van der Waals surface area contributed by atoms with E-state index >= 15 is 0 Å². The Morgan fingerprint density at radius 1 is 1.28 bits per heavy atom. The number of anilines is 1. The summed E-state index contributed by atoms with van der Waals surface area (Å²) in [6.45, 7) is 4.80. The number of benzene rings is 1. The van der Waals surface area contributed by atoms with Crippen LogP contribution in [0.4, 0.5) is 5.69 Å². The Bertz CT molecular complexity index is 433. The van der Waals surface area contributed by atoms with Crippen molar-refractivity contribution in [1.82, 2.24) is 5.01 Å². The highest BCUT2D eigenvalue weighted by Crippen LogP contribution is 2.22. The third kappa shape index (κ3) is 2.82. The molecular weight excluding hydrogens is 226 g/mol. The number of carbonyl (C=O) groups is 1. The molecule has 4 heteroatoms. The van der Waals surface area contributed by atoms with Crippen LogP contribution in [-0.2, 0) is 11.2 Å². The summed E-state index contributed by atoms with van der Waals surface area (Å²) in [7, 11) is 1.81. The zero-order valence-corrected chi connectivity index (χ0v) is 11.3. The van der Waals surface area contributed by atoms with Crippen LogP contribution in [-0.4, -0.2) is 30.0 Å². The minimum atomic E-state index is -0.193. The lowest BCUT2D eigenvalue weighted by Crippen LogP contribution is -2.35. The summed E-state index contributed by atoms with van der Waals surface area (Å²) < 4.78 is 0. The molecule has 98 valence electrons. The zero-order chi connectivity index (χ0) is 13.3. The van der Waals surface area contributed by atoms with E-state index < -0.39 is 0 Å². The summed E-state index contributed by atoms with van der Waals surface area (Å²) in [6, 6.07) is 8.27. The van der Waals surface area contributed by atoms with Crippen molar-refractivity contribution in [3.63, 3.8) is 0 Å². The molecule has 0 spiro atoms. The topological polar surface area (TPSA) is 49.6 Å². The molecule has 2 rings (SSSR count). The monoisotopic (exact) mass is 247 g/mol. The lowest BCUT2D eigenvalue weighted by Gasteiger charge is -2.26. The normalized spacial score (nSPS) is 16.6. The predicted molar refractivity (Wildman–Crippen MR) is 73.1 cm³/mol. The van der Waals surface area contributed by atoms with E-state index in [-0.39, 0.29) is 11.4 Å². The van der Waals surface area contributed by atoms with Crippen LogP contribution < -0.4 is 10.7 Å². The number of carbonyl (C=O) groups excluding carboxylic acids is 1. The number of nitrogens with two attached hydrogens (primary N) is 1. The fraction of sp³-hybridized carbons (Fsp3) is 0.500. The Morgan fingerprint density at radius 3 is 2.33 bits per heavy atom. The van der Waals surface area contributed by atoms with Gasteiger partial charge in [0, 0.05) is 25.6 Å². The first-order chi connectivity index (χ1) is 8.37. The van der Waals surface area contributed by atoms with Gasteiger partial charge < -0.3 is 5.73 Å². The lowest BCUT2D eigenvalue weighted by molar-refractivity contribution is -0.126. The molecule has 0 saturated carbocycles. The average Bonchev–Trinajstić information content (AvgIpc) is 2.59. The predicted octanol–water partition coefficient (Wildman–Crippen LogP) is 1.55. The van der Waals surface area contributed by atoms with Crippen molar-refractivity contribution in [2.45, 2.75) is 32.2 Å². The van der Waals surface area contributed by atoms with E-state index in [0.717, 1.165) is 18.7 Å². The second kappa shape index (κ2) is 4.61. The Morgan fingerprint density at radius 2 is 1.89 bits per heavy atom. The first-order valence-electron chi connectivity index (χ1n) is 6.29. The second-order valence-electron chi connectivity index (χ2n) is 5.62. The molecule has 0 unspecified atom stereocenters. The number of hydrogen-bond acceptors (Lipinski definition) is 3. The highest BCUT2D eigenvalue weighted by atomic mass is 16.2. The van der Waals surface area contributed by atoms with Gasteiger partial charge in [0.05, 0.1) is 5.69 Å². The molecule has 0 aliphatic carbocycles. The van der Waals surface area contributed by atoms with E-state index in [2.05, 4.69) is 24.3 Å². The van der Waals surface area contributed by atoms with E-state index in [1.54, 1.807) is 5.01 Å². The summed E-state index contributed by atoms with van der Waals surface area (Å²) in [5.74, 6) is 0.169. The van der Waals surface area contributed by atoms with Gasteiger partial charge >= 0.3 is 0 Å². The third-order valence-electron chi connectivity index (χ3n) is 3.15. The first-order valence-corrected chi connectivity index (χ1v) is 6.29. The molecule has 18 heavy (non-hydrogen) atoms. The van der Waals surface area contributed by atoms with Gasteiger partial charge in [-0.25, -0.2) is 0 Å². The van der Waals surface area contributed by atoms with E-state index in [1.165, 1.54) is 5.56 Å². The highest BCUT2D eigenvalue weighted by molar-refractivity contribution is 5.81. The van der Waals surface area contributed by atoms with Gasteiger partial charge in [0.15, 0.2) is 0 Å². The molecule has 0 radical (unpaired) electrons. The van der Waals surface area contributed by atoms with Crippen molar-refractivity contribution < 1.29 is 4.79 Å². The van der Waals surface area contributed by atoms with Crippen LogP contribution in [0.15, 0.2) is 24.3 Å². The van der Waals surface area contributed by atoms with Crippen LogP contribution >= 0.6 is 0 Å². The van der Waals surface area contributed by atoms with Crippen molar-refractivity contribution in [2.24, 2.45) is 5.73 Å². The number of rotatable bonds is 3. The summed E-state index contributed by atoms with van der Waals surface area (Å²) in [6.07, 6.45) is 1.44. The molecule has 1 aromatic rings. The van der Waals surface area contributed by atoms with E-state index in [0.29, 0.717) is 6.42 Å². The van der Waals surface area contributed by atoms with Crippen molar-refractivity contribution in [1.29, 1.82) is 0 Å². The molecule has 1 aromatic carbocycles. The molecular formula is C14H21N3O. The molecule has 1 saturated heterocycles.